The molecule has 0 radical (unpaired) electrons. The SMILES string of the molecule is CC1CN(C(=O)c2cc3ccccc3cc2N)C(C)CO1. The van der Waals surface area contributed by atoms with Gasteiger partial charge in [-0.05, 0) is 36.8 Å². The summed E-state index contributed by atoms with van der Waals surface area (Å²) < 4.78 is 5.58. The number of nitrogens with two attached hydrogens (primary N) is 1. The van der Waals surface area contributed by atoms with Gasteiger partial charge in [-0.15, -0.1) is 0 Å². The van der Waals surface area contributed by atoms with Crippen LogP contribution < -0.4 is 5.73 Å². The quantitative estimate of drug-likeness (QED) is 0.819. The van der Waals surface area contributed by atoms with Crippen molar-refractivity contribution in [1.82, 2.24) is 4.90 Å². The first-order valence-electron chi connectivity index (χ1n) is 7.27. The molecule has 2 N–H and O–H groups in total. The number of nitrogen functional groups attached to an aromatic ring is 1. The lowest BCUT2D eigenvalue weighted by Gasteiger charge is -2.37. The summed E-state index contributed by atoms with van der Waals surface area (Å²) in [6.07, 6.45) is 0.0619. The summed E-state index contributed by atoms with van der Waals surface area (Å²) in [5.74, 6) is -0.0131. The third-order valence-corrected chi connectivity index (χ3v) is 4.02. The van der Waals surface area contributed by atoms with Crippen molar-refractivity contribution in [2.75, 3.05) is 18.9 Å². The molecule has 0 saturated carbocycles. The van der Waals surface area contributed by atoms with E-state index in [4.69, 9.17) is 10.5 Å². The zero-order valence-electron chi connectivity index (χ0n) is 12.4. The van der Waals surface area contributed by atoms with Crippen LogP contribution in [0.15, 0.2) is 36.4 Å². The molecule has 2 aromatic rings. The van der Waals surface area contributed by atoms with Gasteiger partial charge < -0.3 is 15.4 Å². The van der Waals surface area contributed by atoms with Crippen LogP contribution in [0.1, 0.15) is 24.2 Å². The molecule has 21 heavy (non-hydrogen) atoms. The number of ether oxygens (including phenoxy) is 1. The lowest BCUT2D eigenvalue weighted by molar-refractivity contribution is -0.0386. The number of nitrogens with zero attached hydrogens (tertiary/aromatic N) is 1. The average molecular weight is 284 g/mol. The minimum atomic E-state index is -0.0131. The van der Waals surface area contributed by atoms with Gasteiger partial charge in [0.25, 0.3) is 5.91 Å². The Balaban J connectivity index is 1.99. The number of amides is 1. The van der Waals surface area contributed by atoms with Crippen LogP contribution in [0.3, 0.4) is 0 Å². The number of carbonyl (C=O) groups excluding carboxylic acids is 1. The zero-order chi connectivity index (χ0) is 15.0. The van der Waals surface area contributed by atoms with Crippen LogP contribution in [0.4, 0.5) is 5.69 Å². The highest BCUT2D eigenvalue weighted by molar-refractivity contribution is 6.04. The zero-order valence-corrected chi connectivity index (χ0v) is 12.4. The molecule has 3 rings (SSSR count). The highest BCUT2D eigenvalue weighted by atomic mass is 16.5. The second-order valence-electron chi connectivity index (χ2n) is 5.74. The standard InChI is InChI=1S/C17H20N2O2/c1-11-10-21-12(2)9-19(11)17(20)15-7-13-5-3-4-6-14(13)8-16(15)18/h3-8,11-12H,9-10,18H2,1-2H3. The van der Waals surface area contributed by atoms with E-state index in [-0.39, 0.29) is 18.1 Å². The van der Waals surface area contributed by atoms with Crippen molar-refractivity contribution in [3.63, 3.8) is 0 Å². The summed E-state index contributed by atoms with van der Waals surface area (Å²) in [5, 5.41) is 2.08. The second kappa shape index (κ2) is 5.37. The number of fused-ring (bicyclic) bond motifs is 1. The fourth-order valence-electron chi connectivity index (χ4n) is 2.78. The van der Waals surface area contributed by atoms with Crippen LogP contribution in [0.2, 0.25) is 0 Å². The van der Waals surface area contributed by atoms with E-state index in [1.807, 2.05) is 55.1 Å². The van der Waals surface area contributed by atoms with E-state index in [1.165, 1.54) is 0 Å². The number of hydrogen-bond acceptors (Lipinski definition) is 3. The molecule has 1 aliphatic heterocycles. The molecule has 2 atom stereocenters. The van der Waals surface area contributed by atoms with Crippen molar-refractivity contribution in [2.24, 2.45) is 0 Å². The molecule has 1 heterocycles. The smallest absolute Gasteiger partial charge is 0.256 e. The van der Waals surface area contributed by atoms with Crippen molar-refractivity contribution in [3.05, 3.63) is 42.0 Å². The van der Waals surface area contributed by atoms with Gasteiger partial charge in [-0.1, -0.05) is 24.3 Å². The molecule has 2 aromatic carbocycles. The fraction of sp³-hybridized carbons (Fsp3) is 0.353. The molecule has 1 saturated heterocycles. The molecule has 2 unspecified atom stereocenters. The van der Waals surface area contributed by atoms with Gasteiger partial charge in [-0.3, -0.25) is 4.79 Å². The Morgan fingerprint density at radius 2 is 1.90 bits per heavy atom. The van der Waals surface area contributed by atoms with E-state index in [1.54, 1.807) is 0 Å². The summed E-state index contributed by atoms with van der Waals surface area (Å²) in [5.41, 5.74) is 7.21. The third-order valence-electron chi connectivity index (χ3n) is 4.02. The number of benzene rings is 2. The molecule has 0 spiro atoms. The second-order valence-corrected chi connectivity index (χ2v) is 5.74. The molecular weight excluding hydrogens is 264 g/mol. The van der Waals surface area contributed by atoms with Crippen molar-refractivity contribution in [2.45, 2.75) is 26.0 Å². The van der Waals surface area contributed by atoms with Crippen molar-refractivity contribution < 1.29 is 9.53 Å². The maximum absolute atomic E-state index is 12.8. The number of rotatable bonds is 1. The summed E-state index contributed by atoms with van der Waals surface area (Å²) in [6, 6.07) is 11.8. The Morgan fingerprint density at radius 3 is 2.62 bits per heavy atom. The maximum Gasteiger partial charge on any atom is 0.256 e. The summed E-state index contributed by atoms with van der Waals surface area (Å²) in [4.78, 5) is 14.7. The number of carbonyl (C=O) groups is 1. The van der Waals surface area contributed by atoms with Gasteiger partial charge in [0.05, 0.1) is 24.3 Å². The topological polar surface area (TPSA) is 55.6 Å². The largest absolute Gasteiger partial charge is 0.398 e. The number of hydrogen-bond donors (Lipinski definition) is 1. The first-order chi connectivity index (χ1) is 10.1. The lowest BCUT2D eigenvalue weighted by atomic mass is 10.0. The first-order valence-corrected chi connectivity index (χ1v) is 7.27. The van der Waals surface area contributed by atoms with E-state index < -0.39 is 0 Å². The highest BCUT2D eigenvalue weighted by Crippen LogP contribution is 2.25. The molecule has 1 fully saturated rings. The predicted octanol–water partition coefficient (Wildman–Crippen LogP) is 2.67. The van der Waals surface area contributed by atoms with E-state index in [0.717, 1.165) is 10.8 Å². The lowest BCUT2D eigenvalue weighted by Crippen LogP contribution is -2.50. The summed E-state index contributed by atoms with van der Waals surface area (Å²) >= 11 is 0. The van der Waals surface area contributed by atoms with Gasteiger partial charge in [-0.25, -0.2) is 0 Å². The van der Waals surface area contributed by atoms with Gasteiger partial charge >= 0.3 is 0 Å². The van der Waals surface area contributed by atoms with Gasteiger partial charge in [0.2, 0.25) is 0 Å². The Morgan fingerprint density at radius 1 is 1.24 bits per heavy atom. The Labute approximate surface area is 124 Å². The van der Waals surface area contributed by atoms with Crippen LogP contribution in [0.25, 0.3) is 10.8 Å². The van der Waals surface area contributed by atoms with Gasteiger partial charge in [0, 0.05) is 12.2 Å². The molecule has 1 amide bonds. The minimum Gasteiger partial charge on any atom is -0.398 e. The van der Waals surface area contributed by atoms with E-state index in [9.17, 15) is 4.79 Å². The van der Waals surface area contributed by atoms with E-state index in [2.05, 4.69) is 0 Å². The Bertz CT molecular complexity index is 684. The monoisotopic (exact) mass is 284 g/mol. The Hall–Kier alpha value is -2.07. The molecule has 110 valence electrons. The van der Waals surface area contributed by atoms with Crippen LogP contribution >= 0.6 is 0 Å². The van der Waals surface area contributed by atoms with Crippen molar-refractivity contribution in [1.29, 1.82) is 0 Å². The first kappa shape index (κ1) is 13.9. The molecule has 1 aliphatic rings. The minimum absolute atomic E-state index is 0.0131. The normalized spacial score (nSPS) is 22.5. The summed E-state index contributed by atoms with van der Waals surface area (Å²) in [7, 11) is 0. The van der Waals surface area contributed by atoms with Crippen molar-refractivity contribution >= 4 is 22.4 Å². The van der Waals surface area contributed by atoms with Crippen LogP contribution in [0, 0.1) is 0 Å². The third kappa shape index (κ3) is 2.59. The van der Waals surface area contributed by atoms with Crippen LogP contribution in [0.5, 0.6) is 0 Å². The van der Waals surface area contributed by atoms with Gasteiger partial charge in [-0.2, -0.15) is 0 Å². The molecule has 0 aromatic heterocycles. The van der Waals surface area contributed by atoms with Gasteiger partial charge in [0.15, 0.2) is 0 Å². The van der Waals surface area contributed by atoms with E-state index in [0.29, 0.717) is 24.4 Å². The van der Waals surface area contributed by atoms with Gasteiger partial charge in [0.1, 0.15) is 0 Å². The van der Waals surface area contributed by atoms with Crippen LogP contribution in [-0.2, 0) is 4.74 Å². The summed E-state index contributed by atoms with van der Waals surface area (Å²) in [6.45, 7) is 5.16. The molecule has 4 nitrogen and oxygen atoms in total. The highest BCUT2D eigenvalue weighted by Gasteiger charge is 2.29. The predicted molar refractivity (Wildman–Crippen MR) is 84.3 cm³/mol. The molecule has 0 bridgehead atoms. The average Bonchev–Trinajstić information content (AvgIpc) is 2.48. The molecular formula is C17H20N2O2. The van der Waals surface area contributed by atoms with E-state index >= 15 is 0 Å². The number of morpholine rings is 1. The Kier molecular flexibility index (Phi) is 3.55. The maximum atomic E-state index is 12.8. The number of anilines is 1. The molecule has 4 heteroatoms. The fourth-order valence-corrected chi connectivity index (χ4v) is 2.78. The molecule has 0 aliphatic carbocycles. The van der Waals surface area contributed by atoms with Crippen molar-refractivity contribution in [3.8, 4) is 0 Å². The van der Waals surface area contributed by atoms with Crippen LogP contribution in [-0.4, -0.2) is 36.1 Å².